The van der Waals surface area contributed by atoms with Crippen LogP contribution < -0.4 is 11.2 Å². The average molecular weight is 665 g/mol. The topological polar surface area (TPSA) is 77.2 Å². The van der Waals surface area contributed by atoms with E-state index in [9.17, 15) is 14.4 Å². The van der Waals surface area contributed by atoms with E-state index in [1.165, 1.54) is 28.2 Å². The van der Waals surface area contributed by atoms with Crippen molar-refractivity contribution in [2.75, 3.05) is 7.05 Å². The van der Waals surface area contributed by atoms with Crippen LogP contribution in [0.4, 0.5) is 8.78 Å². The molecule has 0 fully saturated rings. The van der Waals surface area contributed by atoms with Crippen molar-refractivity contribution in [3.05, 3.63) is 152 Å². The summed E-state index contributed by atoms with van der Waals surface area (Å²) in [5, 5.41) is 0.273. The first-order valence-electron chi connectivity index (χ1n) is 15.7. The second-order valence-corrected chi connectivity index (χ2v) is 12.8. The fourth-order valence-electron chi connectivity index (χ4n) is 5.82. The van der Waals surface area contributed by atoms with Gasteiger partial charge in [-0.1, -0.05) is 73.7 Å². The molecule has 1 atom stereocenters. The number of aromatic nitrogens is 3. The highest BCUT2D eigenvalue weighted by Gasteiger charge is 2.27. The molecular weight excluding hydrogens is 631 g/mol. The first kappa shape index (κ1) is 32.9. The largest absolute Gasteiger partial charge is 0.338 e. The Morgan fingerprint density at radius 2 is 1.58 bits per heavy atom. The Labute approximate surface area is 280 Å². The van der Waals surface area contributed by atoms with Gasteiger partial charge in [0.1, 0.15) is 28.1 Å². The SMILES string of the molecule is CCC(=O)Cc1ccc(-c2sc3c(c2CN(C)[C@H](C)c2ccccc2)c(=O)n(-c2ccccn2)c(=O)n3Cc2c(F)cccc2F)cc1. The molecule has 0 aliphatic carbocycles. The third-order valence-electron chi connectivity index (χ3n) is 8.69. The maximum absolute atomic E-state index is 15.0. The van der Waals surface area contributed by atoms with Gasteiger partial charge in [-0.2, -0.15) is 0 Å². The molecule has 3 heterocycles. The van der Waals surface area contributed by atoms with Crippen LogP contribution in [-0.2, 0) is 24.3 Å². The van der Waals surface area contributed by atoms with Crippen molar-refractivity contribution in [2.24, 2.45) is 0 Å². The summed E-state index contributed by atoms with van der Waals surface area (Å²) >= 11 is 1.23. The number of carbonyl (C=O) groups is 1. The van der Waals surface area contributed by atoms with E-state index >= 15 is 8.78 Å². The molecule has 0 saturated heterocycles. The van der Waals surface area contributed by atoms with Crippen molar-refractivity contribution < 1.29 is 13.6 Å². The first-order chi connectivity index (χ1) is 23.2. The zero-order chi connectivity index (χ0) is 33.9. The fraction of sp³-hybridized carbons (Fsp3) is 0.211. The molecule has 0 spiro atoms. The minimum atomic E-state index is -0.795. The van der Waals surface area contributed by atoms with Crippen LogP contribution in [0, 0.1) is 11.6 Å². The van der Waals surface area contributed by atoms with Crippen molar-refractivity contribution in [1.29, 1.82) is 0 Å². The van der Waals surface area contributed by atoms with E-state index in [0.29, 0.717) is 29.8 Å². The van der Waals surface area contributed by atoms with Gasteiger partial charge in [-0.25, -0.2) is 23.1 Å². The molecule has 48 heavy (non-hydrogen) atoms. The van der Waals surface area contributed by atoms with Crippen LogP contribution in [0.3, 0.4) is 0 Å². The highest BCUT2D eigenvalue weighted by Crippen LogP contribution is 2.39. The monoisotopic (exact) mass is 664 g/mol. The number of hydrogen-bond donors (Lipinski definition) is 0. The Morgan fingerprint density at radius 3 is 2.23 bits per heavy atom. The van der Waals surface area contributed by atoms with Crippen molar-refractivity contribution in [3.8, 4) is 16.3 Å². The molecule has 0 aliphatic heterocycles. The minimum absolute atomic E-state index is 0.0344. The highest BCUT2D eigenvalue weighted by molar-refractivity contribution is 7.22. The van der Waals surface area contributed by atoms with Gasteiger partial charge in [0.2, 0.25) is 0 Å². The van der Waals surface area contributed by atoms with E-state index in [1.54, 1.807) is 18.2 Å². The van der Waals surface area contributed by atoms with E-state index in [0.717, 1.165) is 38.3 Å². The lowest BCUT2D eigenvalue weighted by Gasteiger charge is -2.25. The quantitative estimate of drug-likeness (QED) is 0.145. The molecular formula is C38H34F2N4O3S. The van der Waals surface area contributed by atoms with E-state index in [-0.39, 0.29) is 28.6 Å². The Bertz CT molecular complexity index is 2190. The summed E-state index contributed by atoms with van der Waals surface area (Å²) in [6.07, 6.45) is 2.24. The number of benzene rings is 3. The van der Waals surface area contributed by atoms with Crippen molar-refractivity contribution >= 4 is 27.3 Å². The van der Waals surface area contributed by atoms with Gasteiger partial charge in [0.05, 0.1) is 11.9 Å². The lowest BCUT2D eigenvalue weighted by Crippen LogP contribution is -2.39. The number of pyridine rings is 1. The lowest BCUT2D eigenvalue weighted by atomic mass is 10.0. The molecule has 0 saturated carbocycles. The van der Waals surface area contributed by atoms with E-state index in [4.69, 9.17) is 0 Å². The molecule has 0 unspecified atom stereocenters. The third-order valence-corrected chi connectivity index (χ3v) is 10.00. The third kappa shape index (κ3) is 6.41. The number of nitrogens with zero attached hydrogens (tertiary/aromatic N) is 4. The summed E-state index contributed by atoms with van der Waals surface area (Å²) in [4.78, 5) is 48.3. The number of rotatable bonds is 11. The molecule has 10 heteroatoms. The number of halogens is 2. The predicted octanol–water partition coefficient (Wildman–Crippen LogP) is 7.32. The number of hydrogen-bond acceptors (Lipinski definition) is 6. The molecule has 244 valence electrons. The van der Waals surface area contributed by atoms with Crippen LogP contribution in [0.15, 0.2) is 107 Å². The Kier molecular flexibility index (Phi) is 9.56. The van der Waals surface area contributed by atoms with Crippen LogP contribution in [0.25, 0.3) is 26.5 Å². The summed E-state index contributed by atoms with van der Waals surface area (Å²) in [6.45, 7) is 3.80. The molecule has 0 bridgehead atoms. The minimum Gasteiger partial charge on any atom is -0.299 e. The smallest absolute Gasteiger partial charge is 0.299 e. The molecule has 3 aromatic carbocycles. The van der Waals surface area contributed by atoms with Crippen LogP contribution in [0.1, 0.15) is 48.6 Å². The average Bonchev–Trinajstić information content (AvgIpc) is 3.47. The lowest BCUT2D eigenvalue weighted by molar-refractivity contribution is -0.118. The number of thiophene rings is 1. The molecule has 0 aliphatic rings. The highest BCUT2D eigenvalue weighted by atomic mass is 32.1. The molecule has 6 aromatic rings. The van der Waals surface area contributed by atoms with Crippen molar-refractivity contribution in [2.45, 2.75) is 45.8 Å². The maximum atomic E-state index is 15.0. The Balaban J connectivity index is 1.62. The Morgan fingerprint density at radius 1 is 0.896 bits per heavy atom. The summed E-state index contributed by atoms with van der Waals surface area (Å²) in [5.41, 5.74) is 1.81. The summed E-state index contributed by atoms with van der Waals surface area (Å²) in [5.74, 6) is -1.36. The first-order valence-corrected chi connectivity index (χ1v) is 16.5. The molecule has 6 rings (SSSR count). The van der Waals surface area contributed by atoms with Gasteiger partial charge in [-0.15, -0.1) is 11.3 Å². The van der Waals surface area contributed by atoms with E-state index < -0.39 is 29.4 Å². The summed E-state index contributed by atoms with van der Waals surface area (Å²) < 4.78 is 32.3. The van der Waals surface area contributed by atoms with E-state index in [2.05, 4.69) is 16.8 Å². The normalized spacial score (nSPS) is 12.1. The van der Waals surface area contributed by atoms with Gasteiger partial charge >= 0.3 is 5.69 Å². The van der Waals surface area contributed by atoms with Crippen LogP contribution in [0.2, 0.25) is 0 Å². The van der Waals surface area contributed by atoms with Crippen molar-refractivity contribution in [3.63, 3.8) is 0 Å². The summed E-state index contributed by atoms with van der Waals surface area (Å²) in [6, 6.07) is 26.0. The van der Waals surface area contributed by atoms with E-state index in [1.807, 2.05) is 68.6 Å². The van der Waals surface area contributed by atoms with Crippen LogP contribution in [0.5, 0.6) is 0 Å². The number of carbonyl (C=O) groups excluding carboxylic acids is 1. The molecule has 3 aromatic heterocycles. The van der Waals surface area contributed by atoms with Gasteiger partial charge < -0.3 is 0 Å². The molecule has 0 amide bonds. The second-order valence-electron chi connectivity index (χ2n) is 11.8. The van der Waals surface area contributed by atoms with Crippen LogP contribution in [-0.4, -0.2) is 31.8 Å². The second kappa shape index (κ2) is 14.0. The number of ketones is 1. The molecule has 7 nitrogen and oxygen atoms in total. The summed E-state index contributed by atoms with van der Waals surface area (Å²) in [7, 11) is 1.96. The van der Waals surface area contributed by atoms with Gasteiger partial charge in [0.15, 0.2) is 0 Å². The Hall–Kier alpha value is -5.06. The number of Topliss-reactive ketones (excluding diaryl/α,β-unsaturated/α-hetero) is 1. The van der Waals surface area contributed by atoms with Gasteiger partial charge in [0.25, 0.3) is 5.56 Å². The maximum Gasteiger partial charge on any atom is 0.338 e. The zero-order valence-corrected chi connectivity index (χ0v) is 27.6. The van der Waals surface area contributed by atoms with Gasteiger partial charge in [0, 0.05) is 42.1 Å². The molecule has 0 radical (unpaired) electrons. The number of fused-ring (bicyclic) bond motifs is 1. The van der Waals surface area contributed by atoms with Crippen molar-refractivity contribution in [1.82, 2.24) is 19.0 Å². The van der Waals surface area contributed by atoms with Gasteiger partial charge in [-0.05, 0) is 60.5 Å². The van der Waals surface area contributed by atoms with Crippen LogP contribution >= 0.6 is 11.3 Å². The standard InChI is InChI=1S/C38H34F2N4O3S/c1-4-28(45)21-25-16-18-27(19-17-25)35-30(22-42(3)24(2)26-11-6-5-7-12-26)34-36(46)44(33-15-8-9-20-41-33)38(47)43(37(34)48-35)23-29-31(39)13-10-14-32(29)40/h5-20,24H,4,21-23H2,1-3H3/t24-/m1/s1. The predicted molar refractivity (Wildman–Crippen MR) is 186 cm³/mol. The zero-order valence-electron chi connectivity index (χ0n) is 26.8. The fourth-order valence-corrected chi connectivity index (χ4v) is 7.12. The van der Waals surface area contributed by atoms with Gasteiger partial charge in [-0.3, -0.25) is 19.1 Å². The molecule has 0 N–H and O–H groups in total.